The van der Waals surface area contributed by atoms with Gasteiger partial charge in [0.25, 0.3) is 11.5 Å². The van der Waals surface area contributed by atoms with E-state index >= 15 is 0 Å². The number of nitrogens with one attached hydrogen (secondary N) is 1. The molecule has 2 atom stereocenters. The minimum Gasteiger partial charge on any atom is -0.338 e. The topological polar surface area (TPSA) is 71.4 Å². The normalized spacial score (nSPS) is 19.2. The molecule has 2 aliphatic heterocycles. The van der Waals surface area contributed by atoms with Crippen molar-refractivity contribution in [2.24, 2.45) is 5.92 Å². The van der Waals surface area contributed by atoms with Gasteiger partial charge in [-0.1, -0.05) is 48.5 Å². The number of fused-ring (bicyclic) bond motifs is 4. The van der Waals surface area contributed by atoms with Crippen LogP contribution in [0.15, 0.2) is 77.6 Å². The van der Waals surface area contributed by atoms with E-state index in [1.54, 1.807) is 10.6 Å². The summed E-state index contributed by atoms with van der Waals surface area (Å²) in [6, 6.07) is 22.4. The van der Waals surface area contributed by atoms with Crippen LogP contribution in [0.2, 0.25) is 0 Å². The van der Waals surface area contributed by atoms with Gasteiger partial charge in [-0.3, -0.25) is 14.4 Å². The van der Waals surface area contributed by atoms with Gasteiger partial charge in [0.2, 0.25) is 5.91 Å². The van der Waals surface area contributed by atoms with Crippen LogP contribution in [0.1, 0.15) is 34.0 Å². The zero-order valence-corrected chi connectivity index (χ0v) is 17.7. The molecule has 32 heavy (non-hydrogen) atoms. The average molecular weight is 428 g/mol. The first-order valence-electron chi connectivity index (χ1n) is 11.0. The number of piperidine rings is 1. The van der Waals surface area contributed by atoms with Crippen LogP contribution < -0.4 is 10.9 Å². The molecule has 0 unspecified atom stereocenters. The van der Waals surface area contributed by atoms with Gasteiger partial charge >= 0.3 is 0 Å². The Hall–Kier alpha value is -3.67. The average Bonchev–Trinajstić information content (AvgIpc) is 2.82. The molecule has 1 saturated heterocycles. The van der Waals surface area contributed by atoms with Crippen molar-refractivity contribution in [1.29, 1.82) is 0 Å². The molecular weight excluding hydrogens is 402 g/mol. The second kappa shape index (κ2) is 8.46. The molecule has 6 nitrogen and oxygen atoms in total. The third kappa shape index (κ3) is 3.96. The van der Waals surface area contributed by atoms with Crippen LogP contribution in [0, 0.1) is 5.92 Å². The van der Waals surface area contributed by atoms with Crippen molar-refractivity contribution in [1.82, 2.24) is 9.47 Å². The number of pyridine rings is 1. The molecule has 2 aliphatic rings. The Morgan fingerprint density at radius 2 is 1.59 bits per heavy atom. The van der Waals surface area contributed by atoms with Crippen LogP contribution in [-0.4, -0.2) is 34.4 Å². The van der Waals surface area contributed by atoms with Crippen LogP contribution in [0.3, 0.4) is 0 Å². The van der Waals surface area contributed by atoms with Gasteiger partial charge < -0.3 is 14.8 Å². The number of nitrogens with zero attached hydrogens (tertiary/aromatic N) is 2. The zero-order valence-electron chi connectivity index (χ0n) is 17.7. The monoisotopic (exact) mass is 427 g/mol. The van der Waals surface area contributed by atoms with Gasteiger partial charge in [-0.05, 0) is 42.2 Å². The first kappa shape index (κ1) is 20.2. The fourth-order valence-electron chi connectivity index (χ4n) is 4.95. The van der Waals surface area contributed by atoms with E-state index < -0.39 is 0 Å². The molecule has 0 radical (unpaired) electrons. The largest absolute Gasteiger partial charge is 0.338 e. The van der Waals surface area contributed by atoms with Crippen LogP contribution in [0.4, 0.5) is 5.69 Å². The summed E-state index contributed by atoms with van der Waals surface area (Å²) in [5.41, 5.74) is 2.69. The zero-order chi connectivity index (χ0) is 22.1. The van der Waals surface area contributed by atoms with E-state index in [-0.39, 0.29) is 35.6 Å². The molecule has 3 heterocycles. The molecule has 5 rings (SSSR count). The van der Waals surface area contributed by atoms with Crippen LogP contribution in [0.5, 0.6) is 0 Å². The number of carbonyl (C=O) groups excluding carboxylic acids is 2. The third-order valence-corrected chi connectivity index (χ3v) is 6.39. The van der Waals surface area contributed by atoms with E-state index in [9.17, 15) is 14.4 Å². The van der Waals surface area contributed by atoms with Gasteiger partial charge in [0.05, 0.1) is 6.42 Å². The Bertz CT molecular complexity index is 1200. The molecule has 0 spiro atoms. The van der Waals surface area contributed by atoms with E-state index in [0.29, 0.717) is 30.9 Å². The van der Waals surface area contributed by atoms with E-state index in [1.165, 1.54) is 0 Å². The maximum Gasteiger partial charge on any atom is 0.274 e. The number of likely N-dealkylation sites (tertiary alicyclic amines) is 1. The number of hydrogen-bond donors (Lipinski definition) is 1. The SMILES string of the molecule is O=C(Cc1ccccc1)Nc1ccc2n(c1=O)C[C@@H]1C[C@@H]2CN(C(=O)c2ccccc2)C1. The molecule has 2 aromatic carbocycles. The quantitative estimate of drug-likeness (QED) is 0.695. The highest BCUT2D eigenvalue weighted by Crippen LogP contribution is 2.36. The molecular formula is C26H25N3O3. The molecule has 6 heteroatoms. The summed E-state index contributed by atoms with van der Waals surface area (Å²) in [4.78, 5) is 40.4. The first-order valence-corrected chi connectivity index (χ1v) is 11.0. The Morgan fingerprint density at radius 1 is 0.875 bits per heavy atom. The lowest BCUT2D eigenvalue weighted by Crippen LogP contribution is -2.49. The maximum absolute atomic E-state index is 13.1. The number of hydrogen-bond acceptors (Lipinski definition) is 3. The van der Waals surface area contributed by atoms with Crippen LogP contribution in [0.25, 0.3) is 0 Å². The summed E-state index contributed by atoms with van der Waals surface area (Å²) in [5, 5.41) is 2.79. The second-order valence-corrected chi connectivity index (χ2v) is 8.67. The highest BCUT2D eigenvalue weighted by atomic mass is 16.2. The number of amides is 2. The van der Waals surface area contributed by atoms with Crippen molar-refractivity contribution in [3.63, 3.8) is 0 Å². The molecule has 2 bridgehead atoms. The summed E-state index contributed by atoms with van der Waals surface area (Å²) in [6.07, 6.45) is 1.20. The predicted octanol–water partition coefficient (Wildman–Crippen LogP) is 3.29. The number of benzene rings is 2. The van der Waals surface area contributed by atoms with Crippen molar-refractivity contribution in [2.45, 2.75) is 25.3 Å². The van der Waals surface area contributed by atoms with Crippen LogP contribution >= 0.6 is 0 Å². The molecule has 1 fully saturated rings. The summed E-state index contributed by atoms with van der Waals surface area (Å²) in [5.74, 6) is 0.184. The van der Waals surface area contributed by atoms with Gasteiger partial charge in [-0.25, -0.2) is 0 Å². The Labute approximate surface area is 186 Å². The lowest BCUT2D eigenvalue weighted by atomic mass is 9.83. The standard InChI is InChI=1S/C26H25N3O3/c30-24(14-18-7-3-1-4-8-18)27-22-11-12-23-21-13-19(16-29(23)26(22)32)15-28(17-21)25(31)20-9-5-2-6-10-20/h1-12,19,21H,13-17H2,(H,27,30)/t19-,21-/m1/s1. The fraction of sp³-hybridized carbons (Fsp3) is 0.269. The van der Waals surface area contributed by atoms with Crippen molar-refractivity contribution in [3.8, 4) is 0 Å². The van der Waals surface area contributed by atoms with Gasteiger partial charge in [-0.2, -0.15) is 0 Å². The van der Waals surface area contributed by atoms with Crippen molar-refractivity contribution in [2.75, 3.05) is 18.4 Å². The molecule has 2 amide bonds. The third-order valence-electron chi connectivity index (χ3n) is 6.39. The number of anilines is 1. The lowest BCUT2D eigenvalue weighted by molar-refractivity contribution is -0.115. The highest BCUT2D eigenvalue weighted by Gasteiger charge is 2.37. The Kier molecular flexibility index (Phi) is 5.35. The molecule has 0 saturated carbocycles. The molecule has 0 aliphatic carbocycles. The summed E-state index contributed by atoms with van der Waals surface area (Å²) in [6.45, 7) is 1.80. The smallest absolute Gasteiger partial charge is 0.274 e. The van der Waals surface area contributed by atoms with Gasteiger partial charge in [0.15, 0.2) is 0 Å². The molecule has 162 valence electrons. The molecule has 1 aromatic heterocycles. The Balaban J connectivity index is 1.34. The minimum atomic E-state index is -0.204. The van der Waals surface area contributed by atoms with Crippen molar-refractivity contribution < 1.29 is 9.59 Å². The minimum absolute atomic E-state index is 0.0425. The number of rotatable bonds is 4. The van der Waals surface area contributed by atoms with Crippen molar-refractivity contribution in [3.05, 3.63) is 100.0 Å². The first-order chi connectivity index (χ1) is 15.6. The van der Waals surface area contributed by atoms with E-state index in [2.05, 4.69) is 5.32 Å². The van der Waals surface area contributed by atoms with E-state index in [4.69, 9.17) is 0 Å². The van der Waals surface area contributed by atoms with E-state index in [0.717, 1.165) is 17.7 Å². The lowest BCUT2D eigenvalue weighted by Gasteiger charge is -2.43. The van der Waals surface area contributed by atoms with Gasteiger partial charge in [-0.15, -0.1) is 0 Å². The van der Waals surface area contributed by atoms with E-state index in [1.807, 2.05) is 71.6 Å². The second-order valence-electron chi connectivity index (χ2n) is 8.67. The maximum atomic E-state index is 13.1. The van der Waals surface area contributed by atoms with Crippen molar-refractivity contribution >= 4 is 17.5 Å². The predicted molar refractivity (Wildman–Crippen MR) is 123 cm³/mol. The number of carbonyl (C=O) groups is 2. The highest BCUT2D eigenvalue weighted by molar-refractivity contribution is 5.94. The molecule has 3 aromatic rings. The van der Waals surface area contributed by atoms with Crippen LogP contribution in [-0.2, 0) is 17.8 Å². The summed E-state index contributed by atoms with van der Waals surface area (Å²) < 4.78 is 1.79. The molecule has 1 N–H and O–H groups in total. The summed E-state index contributed by atoms with van der Waals surface area (Å²) in [7, 11) is 0. The van der Waals surface area contributed by atoms with Gasteiger partial charge in [0.1, 0.15) is 5.69 Å². The summed E-state index contributed by atoms with van der Waals surface area (Å²) >= 11 is 0. The Morgan fingerprint density at radius 3 is 2.34 bits per heavy atom. The number of aromatic nitrogens is 1. The fourth-order valence-corrected chi connectivity index (χ4v) is 4.95. The van der Waals surface area contributed by atoms with Gasteiger partial charge in [0, 0.05) is 36.8 Å².